The van der Waals surface area contributed by atoms with Crippen LogP contribution in [0.2, 0.25) is 0 Å². The summed E-state index contributed by atoms with van der Waals surface area (Å²) in [5.74, 6) is 0. The fraction of sp³-hybridized carbons (Fsp3) is 0. The summed E-state index contributed by atoms with van der Waals surface area (Å²) in [6.45, 7) is 0. The van der Waals surface area contributed by atoms with E-state index in [-0.39, 0.29) is 100 Å². The van der Waals surface area contributed by atoms with Gasteiger partial charge < -0.3 is 15.3 Å². The van der Waals surface area contributed by atoms with E-state index in [0.717, 1.165) is 0 Å². The zero-order chi connectivity index (χ0) is 3.58. The Morgan fingerprint density at radius 1 is 1.33 bits per heavy atom. The molecule has 0 aromatic carbocycles. The molecule has 0 heterocycles. The van der Waals surface area contributed by atoms with Gasteiger partial charge in [-0.25, -0.2) is 0 Å². The van der Waals surface area contributed by atoms with Gasteiger partial charge in [-0.1, -0.05) is 0 Å². The molecule has 6 heavy (non-hydrogen) atoms. The van der Waals surface area contributed by atoms with E-state index in [9.17, 15) is 0 Å². The Kier molecular flexibility index (Phi) is 27.3. The molecular weight excluding hydrogens is 238 g/mol. The predicted molar refractivity (Wildman–Crippen MR) is 16.1 cm³/mol. The van der Waals surface area contributed by atoms with Crippen molar-refractivity contribution >= 4 is 48.9 Å². The molecule has 0 bridgehead atoms. The van der Waals surface area contributed by atoms with Crippen LogP contribution in [-0.2, 0) is 0 Å². The van der Waals surface area contributed by atoms with Crippen molar-refractivity contribution in [2.24, 2.45) is 0 Å². The topological polar surface area (TPSA) is 66.2 Å². The Labute approximate surface area is 117 Å². The maximum absolute atomic E-state index is 8.25. The summed E-state index contributed by atoms with van der Waals surface area (Å²) in [6.07, 6.45) is 0. The Balaban J connectivity index is -0.0000000450. The van der Waals surface area contributed by atoms with Gasteiger partial charge in [0.25, 0.3) is 0 Å². The van der Waals surface area contributed by atoms with Crippen LogP contribution in [0.5, 0.6) is 0 Å². The van der Waals surface area contributed by atoms with E-state index in [2.05, 4.69) is 0 Å². The molecule has 6 heteroatoms. The standard InChI is InChI=1S/Ba.K.NO3/c;;2-1(3)4/q+2;+1;-1. The first-order chi connectivity index (χ1) is 1.73. The van der Waals surface area contributed by atoms with Crippen molar-refractivity contribution in [1.29, 1.82) is 0 Å². The van der Waals surface area contributed by atoms with Gasteiger partial charge in [-0.2, -0.15) is 0 Å². The maximum atomic E-state index is 8.25. The molecule has 0 saturated carbocycles. The van der Waals surface area contributed by atoms with Crippen LogP contribution >= 0.6 is 0 Å². The Hall–Kier alpha value is 2.41. The van der Waals surface area contributed by atoms with E-state index < -0.39 is 5.09 Å². The van der Waals surface area contributed by atoms with E-state index in [1.54, 1.807) is 0 Å². The maximum Gasteiger partial charge on any atom is 2.00 e. The van der Waals surface area contributed by atoms with E-state index in [0.29, 0.717) is 0 Å². The molecule has 24 valence electrons. The van der Waals surface area contributed by atoms with Gasteiger partial charge in [0, 0.05) is 0 Å². The van der Waals surface area contributed by atoms with Crippen molar-refractivity contribution in [3.63, 3.8) is 0 Å². The molecule has 0 aromatic heterocycles. The average Bonchev–Trinajstić information content (AvgIpc) is 0.811. The fourth-order valence-electron chi connectivity index (χ4n) is 0. The normalized spacial score (nSPS) is 4.00. The smallest absolute Gasteiger partial charge is 0.356 e. The van der Waals surface area contributed by atoms with Crippen LogP contribution in [0.1, 0.15) is 0 Å². The van der Waals surface area contributed by atoms with E-state index in [1.807, 2.05) is 0 Å². The SMILES string of the molecule is O=[N+]([O-])[O-].[Ba+2].[K+]. The summed E-state index contributed by atoms with van der Waals surface area (Å²) in [6, 6.07) is 0. The van der Waals surface area contributed by atoms with Gasteiger partial charge in [0.15, 0.2) is 0 Å². The molecule has 0 radical (unpaired) electrons. The van der Waals surface area contributed by atoms with Crippen molar-refractivity contribution in [3.8, 4) is 0 Å². The third-order valence-corrected chi connectivity index (χ3v) is 0. The molecule has 0 rings (SSSR count). The monoisotopic (exact) mass is 239 g/mol. The first-order valence-electron chi connectivity index (χ1n) is 0.548. The van der Waals surface area contributed by atoms with E-state index in [4.69, 9.17) is 15.3 Å². The van der Waals surface area contributed by atoms with Crippen LogP contribution in [0, 0.1) is 15.3 Å². The molecule has 0 atom stereocenters. The van der Waals surface area contributed by atoms with Crippen LogP contribution in [0.4, 0.5) is 0 Å². The minimum absolute atomic E-state index is 0. The zero-order valence-electron chi connectivity index (χ0n) is 3.38. The first kappa shape index (κ1) is 15.8. The summed E-state index contributed by atoms with van der Waals surface area (Å²) < 4.78 is 0. The third kappa shape index (κ3) is 32.3. The van der Waals surface area contributed by atoms with Gasteiger partial charge >= 0.3 is 100 Å². The molecule has 0 aliphatic heterocycles. The van der Waals surface area contributed by atoms with Gasteiger partial charge in [0.1, 0.15) is 0 Å². The van der Waals surface area contributed by atoms with Crippen molar-refractivity contribution in [2.45, 2.75) is 0 Å². The molecule has 0 fully saturated rings. The second-order valence-corrected chi connectivity index (χ2v) is 0.224. The molecule has 0 aliphatic rings. The second-order valence-electron chi connectivity index (χ2n) is 0.224. The minimum atomic E-state index is -1.75. The molecule has 0 spiro atoms. The molecule has 0 aliphatic carbocycles. The molecule has 0 N–H and O–H groups in total. The summed E-state index contributed by atoms with van der Waals surface area (Å²) in [5, 5.41) is 14.8. The van der Waals surface area contributed by atoms with Crippen molar-refractivity contribution in [2.75, 3.05) is 0 Å². The minimum Gasteiger partial charge on any atom is -0.356 e. The van der Waals surface area contributed by atoms with E-state index >= 15 is 0 Å². The summed E-state index contributed by atoms with van der Waals surface area (Å²) in [5.41, 5.74) is 0. The third-order valence-electron chi connectivity index (χ3n) is 0. The number of nitrogens with zero attached hydrogens (tertiary/aromatic N) is 1. The average molecular weight is 238 g/mol. The Bertz CT molecular complexity index is 33.8. The molecule has 0 aromatic rings. The van der Waals surface area contributed by atoms with Gasteiger partial charge in [-0.15, -0.1) is 0 Å². The number of hydrogen-bond donors (Lipinski definition) is 0. The molecule has 0 unspecified atom stereocenters. The van der Waals surface area contributed by atoms with Gasteiger partial charge in [-0.3, -0.25) is 0 Å². The van der Waals surface area contributed by atoms with Crippen LogP contribution in [0.3, 0.4) is 0 Å². The van der Waals surface area contributed by atoms with Gasteiger partial charge in [0.2, 0.25) is 0 Å². The van der Waals surface area contributed by atoms with Crippen molar-refractivity contribution < 1.29 is 56.5 Å². The molecule has 0 saturated heterocycles. The Morgan fingerprint density at radius 2 is 1.33 bits per heavy atom. The second kappa shape index (κ2) is 10.4. The van der Waals surface area contributed by atoms with Crippen molar-refractivity contribution in [1.82, 2.24) is 0 Å². The Morgan fingerprint density at radius 3 is 1.33 bits per heavy atom. The summed E-state index contributed by atoms with van der Waals surface area (Å²) in [4.78, 5) is 8.25. The molecule has 0 amide bonds. The van der Waals surface area contributed by atoms with E-state index in [1.165, 1.54) is 0 Å². The number of rotatable bonds is 0. The fourth-order valence-corrected chi connectivity index (χ4v) is 0. The first-order valence-corrected chi connectivity index (χ1v) is 0.548. The summed E-state index contributed by atoms with van der Waals surface area (Å²) in [7, 11) is 0. The zero-order valence-corrected chi connectivity index (χ0v) is 10.9. The quantitative estimate of drug-likeness (QED) is 0.249. The van der Waals surface area contributed by atoms with Crippen LogP contribution in [0.25, 0.3) is 0 Å². The summed E-state index contributed by atoms with van der Waals surface area (Å²) >= 11 is 0. The van der Waals surface area contributed by atoms with Crippen LogP contribution in [0.15, 0.2) is 0 Å². The number of hydrogen-bond acceptors (Lipinski definition) is 3. The van der Waals surface area contributed by atoms with Crippen LogP contribution in [-0.4, -0.2) is 54.0 Å². The predicted octanol–water partition coefficient (Wildman–Crippen LogP) is -3.62. The van der Waals surface area contributed by atoms with Gasteiger partial charge in [-0.05, 0) is 0 Å². The van der Waals surface area contributed by atoms with Crippen LogP contribution < -0.4 is 51.4 Å². The molecular formula is BaKNO3+2. The van der Waals surface area contributed by atoms with Crippen molar-refractivity contribution in [3.05, 3.63) is 15.3 Å². The van der Waals surface area contributed by atoms with Gasteiger partial charge in [0.05, 0.1) is 5.09 Å². The molecule has 4 nitrogen and oxygen atoms in total. The largest absolute Gasteiger partial charge is 2.00 e.